The maximum absolute atomic E-state index is 12.0. The number of piperidine rings is 1. The molecule has 1 fully saturated rings. The van der Waals surface area contributed by atoms with Crippen LogP contribution in [0.25, 0.3) is 0 Å². The van der Waals surface area contributed by atoms with Crippen LogP contribution in [-0.2, 0) is 4.74 Å². The molecule has 1 heterocycles. The zero-order valence-electron chi connectivity index (χ0n) is 13.7. The van der Waals surface area contributed by atoms with Crippen LogP contribution in [0, 0.1) is 0 Å². The predicted octanol–water partition coefficient (Wildman–Crippen LogP) is 1.93. The van der Waals surface area contributed by atoms with Gasteiger partial charge >= 0.3 is 6.09 Å². The van der Waals surface area contributed by atoms with Crippen molar-refractivity contribution in [3.63, 3.8) is 0 Å². The zero-order chi connectivity index (χ0) is 15.2. The lowest BCUT2D eigenvalue weighted by molar-refractivity contribution is 0.0260. The molecule has 0 aromatic heterocycles. The Balaban J connectivity index is 2.25. The number of carbonyl (C=O) groups is 1. The van der Waals surface area contributed by atoms with E-state index in [-0.39, 0.29) is 6.09 Å². The van der Waals surface area contributed by atoms with Gasteiger partial charge in [-0.15, -0.1) is 0 Å². The van der Waals surface area contributed by atoms with Crippen molar-refractivity contribution in [2.45, 2.75) is 52.2 Å². The Bertz CT molecular complexity index is 294. The summed E-state index contributed by atoms with van der Waals surface area (Å²) in [4.78, 5) is 16.1. The number of hydrogen-bond donors (Lipinski definition) is 1. The van der Waals surface area contributed by atoms with Crippen molar-refractivity contribution in [2.24, 2.45) is 0 Å². The largest absolute Gasteiger partial charge is 0.444 e. The minimum atomic E-state index is -0.425. The van der Waals surface area contributed by atoms with Crippen molar-refractivity contribution in [2.75, 3.05) is 39.8 Å². The maximum atomic E-state index is 12.0. The summed E-state index contributed by atoms with van der Waals surface area (Å²) >= 11 is 0. The smallest absolute Gasteiger partial charge is 0.410 e. The maximum Gasteiger partial charge on any atom is 0.410 e. The number of nitrogens with one attached hydrogen (secondary N) is 1. The molecule has 5 nitrogen and oxygen atoms in total. The molecule has 1 rings (SSSR count). The van der Waals surface area contributed by atoms with E-state index in [2.05, 4.69) is 17.3 Å². The summed E-state index contributed by atoms with van der Waals surface area (Å²) in [7, 11) is 2.16. The van der Waals surface area contributed by atoms with Gasteiger partial charge in [-0.2, -0.15) is 0 Å². The monoisotopic (exact) mass is 285 g/mol. The Kier molecular flexibility index (Phi) is 6.76. The van der Waals surface area contributed by atoms with Crippen molar-refractivity contribution < 1.29 is 9.53 Å². The van der Waals surface area contributed by atoms with Crippen LogP contribution in [0.15, 0.2) is 0 Å². The third kappa shape index (κ3) is 6.57. The first-order chi connectivity index (χ1) is 9.31. The van der Waals surface area contributed by atoms with Crippen molar-refractivity contribution >= 4 is 6.09 Å². The van der Waals surface area contributed by atoms with Crippen molar-refractivity contribution in [1.82, 2.24) is 15.1 Å². The first kappa shape index (κ1) is 17.2. The first-order valence-electron chi connectivity index (χ1n) is 7.71. The van der Waals surface area contributed by atoms with Crippen LogP contribution in [0.1, 0.15) is 40.5 Å². The van der Waals surface area contributed by atoms with Crippen LogP contribution in [0.5, 0.6) is 0 Å². The van der Waals surface area contributed by atoms with E-state index in [4.69, 9.17) is 4.74 Å². The van der Waals surface area contributed by atoms with Crippen LogP contribution in [0.2, 0.25) is 0 Å². The third-order valence-corrected chi connectivity index (χ3v) is 3.57. The van der Waals surface area contributed by atoms with Gasteiger partial charge in [0, 0.05) is 25.7 Å². The van der Waals surface area contributed by atoms with Gasteiger partial charge in [-0.25, -0.2) is 4.79 Å². The predicted molar refractivity (Wildman–Crippen MR) is 82.0 cm³/mol. The molecule has 0 radical (unpaired) electrons. The van der Waals surface area contributed by atoms with E-state index in [1.54, 1.807) is 4.90 Å². The van der Waals surface area contributed by atoms with E-state index in [1.165, 1.54) is 12.8 Å². The lowest BCUT2D eigenvalue weighted by Crippen LogP contribution is -2.45. The minimum Gasteiger partial charge on any atom is -0.444 e. The lowest BCUT2D eigenvalue weighted by Gasteiger charge is -2.31. The quantitative estimate of drug-likeness (QED) is 0.838. The van der Waals surface area contributed by atoms with E-state index >= 15 is 0 Å². The van der Waals surface area contributed by atoms with Crippen molar-refractivity contribution in [1.29, 1.82) is 0 Å². The molecule has 1 N–H and O–H groups in total. The fourth-order valence-corrected chi connectivity index (χ4v) is 2.32. The molecule has 20 heavy (non-hydrogen) atoms. The van der Waals surface area contributed by atoms with Gasteiger partial charge < -0.3 is 19.9 Å². The number of nitrogens with zero attached hydrogens (tertiary/aromatic N) is 2. The van der Waals surface area contributed by atoms with E-state index in [1.807, 2.05) is 27.7 Å². The number of carbonyl (C=O) groups excluding carboxylic acids is 1. The molecule has 0 unspecified atom stereocenters. The number of rotatable bonds is 5. The highest BCUT2D eigenvalue weighted by Gasteiger charge is 2.21. The number of likely N-dealkylation sites (tertiary alicyclic amines) is 1. The molecular weight excluding hydrogens is 254 g/mol. The molecule has 5 heteroatoms. The van der Waals surface area contributed by atoms with Crippen molar-refractivity contribution in [3.8, 4) is 0 Å². The van der Waals surface area contributed by atoms with Crippen LogP contribution >= 0.6 is 0 Å². The van der Waals surface area contributed by atoms with E-state index < -0.39 is 5.60 Å². The van der Waals surface area contributed by atoms with Crippen LogP contribution in [0.3, 0.4) is 0 Å². The summed E-state index contributed by atoms with van der Waals surface area (Å²) in [6.07, 6.45) is 2.16. The van der Waals surface area contributed by atoms with Crippen LogP contribution < -0.4 is 5.32 Å². The summed E-state index contributed by atoms with van der Waals surface area (Å²) in [5.41, 5.74) is -0.425. The summed E-state index contributed by atoms with van der Waals surface area (Å²) in [5.74, 6) is 0. The molecule has 1 aliphatic rings. The molecule has 0 bridgehead atoms. The van der Waals surface area contributed by atoms with Gasteiger partial charge in [0.25, 0.3) is 0 Å². The molecule has 0 aromatic carbocycles. The normalized spacial score (nSPS) is 18.1. The molecular formula is C15H31N3O2. The molecule has 118 valence electrons. The standard InChI is InChI=1S/C15H31N3O2/c1-6-18(14(19)20-15(2,3)4)12-9-16-13-7-10-17(5)11-8-13/h13,16H,6-12H2,1-5H3. The topological polar surface area (TPSA) is 44.8 Å². The molecule has 0 atom stereocenters. The highest BCUT2D eigenvalue weighted by Crippen LogP contribution is 2.10. The van der Waals surface area contributed by atoms with E-state index in [0.29, 0.717) is 19.1 Å². The van der Waals surface area contributed by atoms with Gasteiger partial charge in [0.2, 0.25) is 0 Å². The molecule has 0 aromatic rings. The van der Waals surface area contributed by atoms with Gasteiger partial charge in [0.1, 0.15) is 5.60 Å². The lowest BCUT2D eigenvalue weighted by atomic mass is 10.1. The van der Waals surface area contributed by atoms with Crippen molar-refractivity contribution in [3.05, 3.63) is 0 Å². The second-order valence-electron chi connectivity index (χ2n) is 6.59. The van der Waals surface area contributed by atoms with E-state index in [9.17, 15) is 4.79 Å². The van der Waals surface area contributed by atoms with Gasteiger partial charge in [-0.05, 0) is 60.7 Å². The highest BCUT2D eigenvalue weighted by atomic mass is 16.6. The average molecular weight is 285 g/mol. The summed E-state index contributed by atoms with van der Waals surface area (Å²) < 4.78 is 5.40. The van der Waals surface area contributed by atoms with Crippen LogP contribution in [-0.4, -0.2) is 67.3 Å². The fraction of sp³-hybridized carbons (Fsp3) is 0.933. The fourth-order valence-electron chi connectivity index (χ4n) is 2.32. The van der Waals surface area contributed by atoms with Gasteiger partial charge in [-0.1, -0.05) is 0 Å². The Labute approximate surface area is 123 Å². The van der Waals surface area contributed by atoms with E-state index in [0.717, 1.165) is 19.6 Å². The summed E-state index contributed by atoms with van der Waals surface area (Å²) in [6.45, 7) is 12.2. The molecule has 1 saturated heterocycles. The number of amides is 1. The molecule has 1 aliphatic heterocycles. The minimum absolute atomic E-state index is 0.217. The van der Waals surface area contributed by atoms with Gasteiger partial charge in [0.15, 0.2) is 0 Å². The Morgan fingerprint density at radius 1 is 1.35 bits per heavy atom. The summed E-state index contributed by atoms with van der Waals surface area (Å²) in [5, 5.41) is 3.55. The Morgan fingerprint density at radius 2 is 1.95 bits per heavy atom. The van der Waals surface area contributed by atoms with Crippen LogP contribution in [0.4, 0.5) is 4.79 Å². The van der Waals surface area contributed by atoms with Gasteiger partial charge in [0.05, 0.1) is 0 Å². The molecule has 0 aliphatic carbocycles. The second kappa shape index (κ2) is 7.84. The highest BCUT2D eigenvalue weighted by molar-refractivity contribution is 5.68. The summed E-state index contributed by atoms with van der Waals surface area (Å²) in [6, 6.07) is 0.587. The third-order valence-electron chi connectivity index (χ3n) is 3.57. The molecule has 0 spiro atoms. The molecule has 0 saturated carbocycles. The number of ether oxygens (including phenoxy) is 1. The van der Waals surface area contributed by atoms with Gasteiger partial charge in [-0.3, -0.25) is 0 Å². The molecule has 1 amide bonds. The Morgan fingerprint density at radius 3 is 2.45 bits per heavy atom. The number of hydrogen-bond acceptors (Lipinski definition) is 4. The second-order valence-corrected chi connectivity index (χ2v) is 6.59. The zero-order valence-corrected chi connectivity index (χ0v) is 13.7. The SMILES string of the molecule is CCN(CCNC1CCN(C)CC1)C(=O)OC(C)(C)C. The average Bonchev–Trinajstić information content (AvgIpc) is 2.34. The first-order valence-corrected chi connectivity index (χ1v) is 7.71. The number of likely N-dealkylation sites (N-methyl/N-ethyl adjacent to an activating group) is 1. The Hall–Kier alpha value is -0.810.